The maximum Gasteiger partial charge on any atom is 0.134 e. The Hall–Kier alpha value is -2.38. The monoisotopic (exact) mass is 397 g/mol. The second-order valence-electron chi connectivity index (χ2n) is 8.47. The number of aliphatic hydroxyl groups excluding tert-OH is 1. The maximum atomic E-state index is 10.2. The number of methoxy groups -OCH3 is 1. The number of nitrogens with zero attached hydrogens (tertiary/aromatic N) is 4. The number of para-hydroxylation sites is 1. The molecule has 29 heavy (non-hydrogen) atoms. The average molecular weight is 398 g/mol. The number of hydrogen-bond acceptors (Lipinski definition) is 7. The van der Waals surface area contributed by atoms with Gasteiger partial charge in [0.1, 0.15) is 23.7 Å². The minimum Gasteiger partial charge on any atom is -0.496 e. The van der Waals surface area contributed by atoms with E-state index in [0.29, 0.717) is 18.5 Å². The van der Waals surface area contributed by atoms with Gasteiger partial charge in [0, 0.05) is 31.2 Å². The third kappa shape index (κ3) is 4.46. The second-order valence-corrected chi connectivity index (χ2v) is 8.47. The van der Waals surface area contributed by atoms with Crippen molar-refractivity contribution in [3.63, 3.8) is 0 Å². The molecule has 1 aromatic heterocycles. The van der Waals surface area contributed by atoms with Crippen molar-refractivity contribution in [2.45, 2.75) is 43.4 Å². The topological polar surface area (TPSA) is 73.8 Å². The maximum absolute atomic E-state index is 10.2. The van der Waals surface area contributed by atoms with E-state index in [1.165, 1.54) is 5.56 Å². The summed E-state index contributed by atoms with van der Waals surface area (Å²) in [5.74, 6) is 3.22. The van der Waals surface area contributed by atoms with E-state index in [-0.39, 0.29) is 12.1 Å². The second kappa shape index (κ2) is 8.55. The van der Waals surface area contributed by atoms with Gasteiger partial charge in [0.15, 0.2) is 0 Å². The van der Waals surface area contributed by atoms with Crippen LogP contribution in [0.2, 0.25) is 0 Å². The van der Waals surface area contributed by atoms with E-state index in [1.807, 2.05) is 18.2 Å². The summed E-state index contributed by atoms with van der Waals surface area (Å²) < 4.78 is 5.50. The van der Waals surface area contributed by atoms with Gasteiger partial charge in [-0.1, -0.05) is 18.2 Å². The summed E-state index contributed by atoms with van der Waals surface area (Å²) in [5.41, 5.74) is 1.29. The Bertz CT molecular complexity index is 824. The predicted molar refractivity (Wildman–Crippen MR) is 115 cm³/mol. The van der Waals surface area contributed by atoms with Crippen LogP contribution in [0.5, 0.6) is 5.75 Å². The van der Waals surface area contributed by atoms with Crippen LogP contribution in [-0.2, 0) is 0 Å². The highest BCUT2D eigenvalue weighted by molar-refractivity contribution is 5.51. The van der Waals surface area contributed by atoms with Crippen LogP contribution in [0.4, 0.5) is 11.6 Å². The van der Waals surface area contributed by atoms with E-state index in [0.717, 1.165) is 43.2 Å². The molecule has 1 saturated heterocycles. The highest BCUT2D eigenvalue weighted by atomic mass is 16.5. The highest BCUT2D eigenvalue weighted by Crippen LogP contribution is 2.42. The Morgan fingerprint density at radius 3 is 2.76 bits per heavy atom. The van der Waals surface area contributed by atoms with Gasteiger partial charge in [-0.3, -0.25) is 0 Å². The van der Waals surface area contributed by atoms with E-state index >= 15 is 0 Å². The first-order valence-electron chi connectivity index (χ1n) is 10.3. The van der Waals surface area contributed by atoms with Crippen LogP contribution < -0.4 is 15.0 Å². The van der Waals surface area contributed by atoms with Crippen LogP contribution in [0.1, 0.15) is 30.7 Å². The third-order valence-electron chi connectivity index (χ3n) is 5.98. The van der Waals surface area contributed by atoms with Gasteiger partial charge in [-0.05, 0) is 50.9 Å². The molecule has 2 aromatic rings. The molecular weight excluding hydrogens is 366 g/mol. The van der Waals surface area contributed by atoms with Crippen LogP contribution in [0.15, 0.2) is 36.7 Å². The molecule has 2 aliphatic rings. The fourth-order valence-electron chi connectivity index (χ4n) is 4.55. The Morgan fingerprint density at radius 1 is 1.21 bits per heavy atom. The number of hydrogen-bond donors (Lipinski definition) is 2. The van der Waals surface area contributed by atoms with Crippen LogP contribution >= 0.6 is 0 Å². The molecule has 0 radical (unpaired) electrons. The summed E-state index contributed by atoms with van der Waals surface area (Å²) in [6.45, 7) is 1.52. The molecule has 156 valence electrons. The third-order valence-corrected chi connectivity index (χ3v) is 5.98. The average Bonchev–Trinajstić information content (AvgIpc) is 3.04. The number of benzene rings is 1. The molecular formula is C22H31N5O2. The van der Waals surface area contributed by atoms with Crippen molar-refractivity contribution in [2.24, 2.45) is 0 Å². The summed E-state index contributed by atoms with van der Waals surface area (Å²) in [6.07, 6.45) is 4.20. The lowest BCUT2D eigenvalue weighted by molar-refractivity contribution is 0.191. The number of β-amino-alcohol motifs (C(OH)–C–C–N with tert-alkyl or cyclic N) is 1. The lowest BCUT2D eigenvalue weighted by Crippen LogP contribution is -2.38. The van der Waals surface area contributed by atoms with Crippen LogP contribution in [0.3, 0.4) is 0 Å². The summed E-state index contributed by atoms with van der Waals surface area (Å²) in [6, 6.07) is 10.9. The largest absolute Gasteiger partial charge is 0.496 e. The zero-order valence-corrected chi connectivity index (χ0v) is 17.5. The first-order chi connectivity index (χ1) is 14.0. The Kier molecular flexibility index (Phi) is 5.87. The molecule has 0 spiro atoms. The molecule has 4 rings (SSSR count). The van der Waals surface area contributed by atoms with E-state index in [9.17, 15) is 5.11 Å². The van der Waals surface area contributed by atoms with Crippen LogP contribution in [-0.4, -0.2) is 72.5 Å². The first kappa shape index (κ1) is 19.9. The van der Waals surface area contributed by atoms with Gasteiger partial charge in [0.2, 0.25) is 0 Å². The van der Waals surface area contributed by atoms with E-state index in [1.54, 1.807) is 13.4 Å². The van der Waals surface area contributed by atoms with E-state index < -0.39 is 0 Å². The van der Waals surface area contributed by atoms with Crippen molar-refractivity contribution < 1.29 is 9.84 Å². The zero-order valence-electron chi connectivity index (χ0n) is 17.5. The molecule has 0 amide bonds. The van der Waals surface area contributed by atoms with Crippen molar-refractivity contribution in [3.05, 3.63) is 42.2 Å². The number of nitrogens with one attached hydrogen (secondary N) is 1. The number of aromatic nitrogens is 2. The van der Waals surface area contributed by atoms with Gasteiger partial charge in [-0.15, -0.1) is 0 Å². The summed E-state index contributed by atoms with van der Waals surface area (Å²) in [5, 5.41) is 13.7. The number of aliphatic hydroxyl groups is 1. The van der Waals surface area contributed by atoms with Gasteiger partial charge in [0.25, 0.3) is 0 Å². The van der Waals surface area contributed by atoms with Gasteiger partial charge in [-0.2, -0.15) is 0 Å². The molecule has 2 heterocycles. The summed E-state index contributed by atoms with van der Waals surface area (Å²) >= 11 is 0. The number of likely N-dealkylation sites (N-methyl/N-ethyl adjacent to an activating group) is 1. The Morgan fingerprint density at radius 2 is 2.00 bits per heavy atom. The van der Waals surface area contributed by atoms with Crippen molar-refractivity contribution in [1.29, 1.82) is 0 Å². The molecule has 1 aliphatic heterocycles. The Labute approximate surface area is 172 Å². The SMILES string of the molecule is COc1ccccc1C1CC(Nc2cc(N3C[C@H](O)C[C@@H]3CN(C)C)ncn2)C1. The van der Waals surface area contributed by atoms with Gasteiger partial charge in [0.05, 0.1) is 13.2 Å². The minimum absolute atomic E-state index is 0.265. The van der Waals surface area contributed by atoms with Crippen molar-refractivity contribution in [3.8, 4) is 5.75 Å². The minimum atomic E-state index is -0.306. The summed E-state index contributed by atoms with van der Waals surface area (Å²) in [7, 11) is 5.85. The van der Waals surface area contributed by atoms with Crippen molar-refractivity contribution in [2.75, 3.05) is 44.5 Å². The fourth-order valence-corrected chi connectivity index (χ4v) is 4.55. The van der Waals surface area contributed by atoms with Crippen LogP contribution in [0.25, 0.3) is 0 Å². The van der Waals surface area contributed by atoms with Crippen molar-refractivity contribution in [1.82, 2.24) is 14.9 Å². The van der Waals surface area contributed by atoms with E-state index in [4.69, 9.17) is 4.74 Å². The molecule has 2 N–H and O–H groups in total. The molecule has 0 bridgehead atoms. The number of ether oxygens (including phenoxy) is 1. The standard InChI is InChI=1S/C22H31N5O2/c1-26(2)12-17-10-18(28)13-27(17)22-11-21(23-14-24-22)25-16-8-15(9-16)19-6-4-5-7-20(19)29-3/h4-7,11,14-18,28H,8-10,12-13H2,1-3H3,(H,23,24,25)/t15?,16?,17-,18-/m1/s1. The molecule has 1 aliphatic carbocycles. The zero-order chi connectivity index (χ0) is 20.4. The van der Waals surface area contributed by atoms with Gasteiger partial charge >= 0.3 is 0 Å². The molecule has 7 heteroatoms. The fraction of sp³-hybridized carbons (Fsp3) is 0.545. The smallest absolute Gasteiger partial charge is 0.134 e. The molecule has 1 aromatic carbocycles. The summed E-state index contributed by atoms with van der Waals surface area (Å²) in [4.78, 5) is 13.3. The van der Waals surface area contributed by atoms with Gasteiger partial charge in [-0.25, -0.2) is 9.97 Å². The highest BCUT2D eigenvalue weighted by Gasteiger charge is 2.34. The lowest BCUT2D eigenvalue weighted by atomic mass is 9.75. The quantitative estimate of drug-likeness (QED) is 0.743. The predicted octanol–water partition coefficient (Wildman–Crippen LogP) is 2.34. The first-order valence-corrected chi connectivity index (χ1v) is 10.3. The van der Waals surface area contributed by atoms with Gasteiger partial charge < -0.3 is 25.0 Å². The Balaban J connectivity index is 1.39. The molecule has 1 saturated carbocycles. The normalized spacial score (nSPS) is 26.4. The molecule has 2 fully saturated rings. The number of rotatable bonds is 7. The molecule has 2 atom stereocenters. The number of anilines is 2. The van der Waals surface area contributed by atoms with Crippen molar-refractivity contribution >= 4 is 11.6 Å². The van der Waals surface area contributed by atoms with E-state index in [2.05, 4.69) is 51.3 Å². The van der Waals surface area contributed by atoms with Crippen LogP contribution in [0, 0.1) is 0 Å². The molecule has 0 unspecified atom stereocenters. The lowest BCUT2D eigenvalue weighted by Gasteiger charge is -2.37. The molecule has 7 nitrogen and oxygen atoms in total.